The first kappa shape index (κ1) is 15.8. The van der Waals surface area contributed by atoms with Crippen molar-refractivity contribution in [3.63, 3.8) is 0 Å². The summed E-state index contributed by atoms with van der Waals surface area (Å²) in [7, 11) is 0. The molecule has 1 heterocycles. The molecule has 1 aliphatic heterocycles. The van der Waals surface area contributed by atoms with Crippen molar-refractivity contribution in [3.8, 4) is 0 Å². The second-order valence-electron chi connectivity index (χ2n) is 7.21. The minimum Gasteiger partial charge on any atom is -0.444 e. The average molecular weight is 346 g/mol. The topological polar surface area (TPSA) is 46.6 Å². The highest BCUT2D eigenvalue weighted by Gasteiger charge is 2.49. The molecule has 1 amide bonds. The van der Waals surface area contributed by atoms with Gasteiger partial charge in [-0.05, 0) is 51.9 Å². The van der Waals surface area contributed by atoms with Crippen molar-refractivity contribution < 1.29 is 14.3 Å². The van der Waals surface area contributed by atoms with Gasteiger partial charge in [0.05, 0.1) is 5.33 Å². The van der Waals surface area contributed by atoms with Gasteiger partial charge in [-0.25, -0.2) is 4.79 Å². The summed E-state index contributed by atoms with van der Waals surface area (Å²) in [6.07, 6.45) is 3.77. The molecule has 0 unspecified atom stereocenters. The van der Waals surface area contributed by atoms with Gasteiger partial charge in [-0.2, -0.15) is 0 Å². The van der Waals surface area contributed by atoms with Gasteiger partial charge in [0.1, 0.15) is 11.4 Å². The molecule has 2 rings (SSSR count). The fourth-order valence-electron chi connectivity index (χ4n) is 3.35. The summed E-state index contributed by atoms with van der Waals surface area (Å²) in [5, 5.41) is 0.448. The molecular weight excluding hydrogens is 322 g/mol. The van der Waals surface area contributed by atoms with E-state index in [1.54, 1.807) is 0 Å². The number of halogens is 1. The van der Waals surface area contributed by atoms with Crippen LogP contribution in [0.1, 0.15) is 46.5 Å². The molecule has 1 spiro atoms. The standard InChI is InChI=1S/C15H24BrNO3/c1-14(2,3)20-13(19)17-6-4-5-15(10-17)7-11(8-15)12(18)9-16/h11H,4-10H2,1-3H3. The highest BCUT2D eigenvalue weighted by atomic mass is 79.9. The van der Waals surface area contributed by atoms with E-state index in [2.05, 4.69) is 15.9 Å². The molecule has 0 N–H and O–H groups in total. The summed E-state index contributed by atoms with van der Waals surface area (Å²) in [6, 6.07) is 0. The minimum atomic E-state index is -0.449. The van der Waals surface area contributed by atoms with Crippen LogP contribution in [0.15, 0.2) is 0 Å². The number of rotatable bonds is 2. The van der Waals surface area contributed by atoms with Crippen LogP contribution in [0.5, 0.6) is 0 Å². The molecule has 1 saturated heterocycles. The predicted octanol–water partition coefficient (Wildman–Crippen LogP) is 3.38. The van der Waals surface area contributed by atoms with Gasteiger partial charge in [0.25, 0.3) is 0 Å². The molecule has 114 valence electrons. The van der Waals surface area contributed by atoms with E-state index in [0.29, 0.717) is 11.1 Å². The van der Waals surface area contributed by atoms with Crippen molar-refractivity contribution in [1.82, 2.24) is 4.90 Å². The van der Waals surface area contributed by atoms with Crippen molar-refractivity contribution in [1.29, 1.82) is 0 Å². The molecule has 0 atom stereocenters. The third-order valence-corrected chi connectivity index (χ3v) is 4.81. The molecular formula is C15H24BrNO3. The van der Waals surface area contributed by atoms with E-state index >= 15 is 0 Å². The van der Waals surface area contributed by atoms with Gasteiger partial charge in [-0.15, -0.1) is 0 Å². The largest absolute Gasteiger partial charge is 0.444 e. The summed E-state index contributed by atoms with van der Waals surface area (Å²) in [4.78, 5) is 25.6. The summed E-state index contributed by atoms with van der Waals surface area (Å²) in [6.45, 7) is 7.18. The Balaban J connectivity index is 1.90. The maximum absolute atomic E-state index is 12.1. The first-order valence-corrected chi connectivity index (χ1v) is 8.43. The third-order valence-electron chi connectivity index (χ3n) is 4.26. The molecule has 1 saturated carbocycles. The molecule has 0 aromatic heterocycles. The Morgan fingerprint density at radius 2 is 2.00 bits per heavy atom. The molecule has 1 aliphatic carbocycles. The number of amides is 1. The Labute approximate surface area is 129 Å². The van der Waals surface area contributed by atoms with Gasteiger partial charge in [0, 0.05) is 19.0 Å². The molecule has 0 radical (unpaired) electrons. The lowest BCUT2D eigenvalue weighted by atomic mass is 9.57. The number of ether oxygens (including phenoxy) is 1. The van der Waals surface area contributed by atoms with Crippen molar-refractivity contribution in [2.45, 2.75) is 52.1 Å². The maximum Gasteiger partial charge on any atom is 0.410 e. The number of hydrogen-bond acceptors (Lipinski definition) is 3. The SMILES string of the molecule is CC(C)(C)OC(=O)N1CCCC2(CC(C(=O)CBr)C2)C1. The van der Waals surface area contributed by atoms with Gasteiger partial charge in [0.2, 0.25) is 0 Å². The Hall–Kier alpha value is -0.580. The van der Waals surface area contributed by atoms with Gasteiger partial charge >= 0.3 is 6.09 Å². The molecule has 2 fully saturated rings. The zero-order chi connectivity index (χ0) is 15.0. The minimum absolute atomic E-state index is 0.164. The van der Waals surface area contributed by atoms with Crippen LogP contribution in [0, 0.1) is 11.3 Å². The van der Waals surface area contributed by atoms with Crippen molar-refractivity contribution in [2.75, 3.05) is 18.4 Å². The van der Waals surface area contributed by atoms with Crippen LogP contribution in [-0.4, -0.2) is 40.8 Å². The highest BCUT2D eigenvalue weighted by Crippen LogP contribution is 2.51. The Morgan fingerprint density at radius 1 is 1.35 bits per heavy atom. The van der Waals surface area contributed by atoms with Crippen LogP contribution < -0.4 is 0 Å². The zero-order valence-corrected chi connectivity index (χ0v) is 14.2. The van der Waals surface area contributed by atoms with Crippen LogP contribution in [0.25, 0.3) is 0 Å². The second-order valence-corrected chi connectivity index (χ2v) is 7.77. The lowest BCUT2D eigenvalue weighted by Gasteiger charge is -2.52. The molecule has 2 aliphatic rings. The maximum atomic E-state index is 12.1. The van der Waals surface area contributed by atoms with E-state index in [9.17, 15) is 9.59 Å². The quantitative estimate of drug-likeness (QED) is 0.720. The van der Waals surface area contributed by atoms with E-state index in [4.69, 9.17) is 4.74 Å². The Kier molecular flexibility index (Phi) is 4.47. The smallest absolute Gasteiger partial charge is 0.410 e. The molecule has 0 bridgehead atoms. The molecule has 0 aromatic rings. The highest BCUT2D eigenvalue weighted by molar-refractivity contribution is 9.09. The zero-order valence-electron chi connectivity index (χ0n) is 12.6. The summed E-state index contributed by atoms with van der Waals surface area (Å²) in [5.74, 6) is 0.484. The van der Waals surface area contributed by atoms with Crippen LogP contribution in [0.4, 0.5) is 4.79 Å². The number of nitrogens with zero attached hydrogens (tertiary/aromatic N) is 1. The van der Waals surface area contributed by atoms with Crippen LogP contribution >= 0.6 is 15.9 Å². The monoisotopic (exact) mass is 345 g/mol. The average Bonchev–Trinajstić information content (AvgIpc) is 2.33. The Morgan fingerprint density at radius 3 is 2.55 bits per heavy atom. The number of ketones is 1. The number of alkyl halides is 1. The number of Topliss-reactive ketones (excluding diaryl/α,β-unsaturated/α-hetero) is 1. The van der Waals surface area contributed by atoms with E-state index < -0.39 is 5.60 Å². The van der Waals surface area contributed by atoms with Gasteiger partial charge < -0.3 is 9.64 Å². The number of carbonyl (C=O) groups is 2. The van der Waals surface area contributed by atoms with Gasteiger partial charge in [0.15, 0.2) is 0 Å². The van der Waals surface area contributed by atoms with Crippen LogP contribution in [0.3, 0.4) is 0 Å². The molecule has 20 heavy (non-hydrogen) atoms. The fraction of sp³-hybridized carbons (Fsp3) is 0.867. The van der Waals surface area contributed by atoms with E-state index in [1.807, 2.05) is 25.7 Å². The van der Waals surface area contributed by atoms with Crippen LogP contribution in [-0.2, 0) is 9.53 Å². The fourth-order valence-corrected chi connectivity index (χ4v) is 3.80. The van der Waals surface area contributed by atoms with E-state index in [0.717, 1.165) is 38.8 Å². The number of hydrogen-bond donors (Lipinski definition) is 0. The van der Waals surface area contributed by atoms with E-state index in [1.165, 1.54) is 0 Å². The van der Waals surface area contributed by atoms with Crippen molar-refractivity contribution >= 4 is 27.8 Å². The van der Waals surface area contributed by atoms with Crippen LogP contribution in [0.2, 0.25) is 0 Å². The Bertz CT molecular complexity index is 396. The predicted molar refractivity (Wildman–Crippen MR) is 81.0 cm³/mol. The summed E-state index contributed by atoms with van der Waals surface area (Å²) in [5.41, 5.74) is -0.284. The lowest BCUT2D eigenvalue weighted by Crippen LogP contribution is -2.54. The van der Waals surface area contributed by atoms with Gasteiger partial charge in [-0.1, -0.05) is 15.9 Å². The summed E-state index contributed by atoms with van der Waals surface area (Å²) < 4.78 is 5.45. The van der Waals surface area contributed by atoms with Crippen molar-refractivity contribution in [3.05, 3.63) is 0 Å². The normalized spacial score (nSPS) is 30.0. The number of carbonyl (C=O) groups excluding carboxylic acids is 2. The number of piperidine rings is 1. The summed E-state index contributed by atoms with van der Waals surface area (Å²) >= 11 is 3.24. The number of likely N-dealkylation sites (tertiary alicyclic amines) is 1. The first-order chi connectivity index (χ1) is 9.25. The molecule has 0 aromatic carbocycles. The molecule has 5 heteroatoms. The molecule has 4 nitrogen and oxygen atoms in total. The van der Waals surface area contributed by atoms with E-state index in [-0.39, 0.29) is 17.4 Å². The lowest BCUT2D eigenvalue weighted by molar-refractivity contribution is -0.130. The first-order valence-electron chi connectivity index (χ1n) is 7.31. The third kappa shape index (κ3) is 3.54. The van der Waals surface area contributed by atoms with Gasteiger partial charge in [-0.3, -0.25) is 4.79 Å². The second kappa shape index (κ2) is 5.66. The van der Waals surface area contributed by atoms with Crippen molar-refractivity contribution in [2.24, 2.45) is 11.3 Å².